The number of hydrogen-bond acceptors (Lipinski definition) is 5. The van der Waals surface area contributed by atoms with E-state index in [9.17, 15) is 28.1 Å². The maximum Gasteiger partial charge on any atom is 0.406 e. The molecule has 2 aromatic heterocycles. The number of halogens is 3. The van der Waals surface area contributed by atoms with E-state index in [1.54, 1.807) is 0 Å². The van der Waals surface area contributed by atoms with Crippen LogP contribution in [0.15, 0.2) is 12.4 Å². The molecule has 0 unspecified atom stereocenters. The fourth-order valence-corrected chi connectivity index (χ4v) is 2.48. The minimum Gasteiger partial charge on any atom is -0.337 e. The molecule has 0 aliphatic rings. The zero-order chi connectivity index (χ0) is 19.6. The number of aryl methyl sites for hydroxylation is 1. The number of amides is 1. The summed E-state index contributed by atoms with van der Waals surface area (Å²) in [5.41, 5.74) is 0.248. The number of alkyl halides is 3. The normalized spacial score (nSPS) is 11.6. The first kappa shape index (κ1) is 19.4. The van der Waals surface area contributed by atoms with Crippen LogP contribution in [0.2, 0.25) is 0 Å². The van der Waals surface area contributed by atoms with Crippen molar-refractivity contribution >= 4 is 11.6 Å². The van der Waals surface area contributed by atoms with Gasteiger partial charge in [0, 0.05) is 19.4 Å². The molecule has 142 valence electrons. The van der Waals surface area contributed by atoms with Crippen LogP contribution in [-0.2, 0) is 24.4 Å². The van der Waals surface area contributed by atoms with E-state index >= 15 is 0 Å². The van der Waals surface area contributed by atoms with Gasteiger partial charge in [-0.25, -0.2) is 4.98 Å². The minimum atomic E-state index is -4.40. The van der Waals surface area contributed by atoms with Crippen molar-refractivity contribution in [3.8, 4) is 0 Å². The van der Waals surface area contributed by atoms with Crippen molar-refractivity contribution in [3.63, 3.8) is 0 Å². The molecule has 0 saturated carbocycles. The number of aromatic nitrogens is 4. The van der Waals surface area contributed by atoms with Crippen molar-refractivity contribution in [2.45, 2.75) is 39.7 Å². The smallest absolute Gasteiger partial charge is 0.337 e. The van der Waals surface area contributed by atoms with E-state index in [0.717, 1.165) is 4.57 Å². The second-order valence-corrected chi connectivity index (χ2v) is 5.77. The van der Waals surface area contributed by atoms with Crippen LogP contribution in [0.4, 0.5) is 18.9 Å². The lowest BCUT2D eigenvalue weighted by atomic mass is 10.3. The molecule has 0 saturated heterocycles. The lowest BCUT2D eigenvalue weighted by Gasteiger charge is -2.18. The maximum absolute atomic E-state index is 12.5. The zero-order valence-corrected chi connectivity index (χ0v) is 14.3. The highest BCUT2D eigenvalue weighted by atomic mass is 19.4. The molecule has 0 fully saturated rings. The highest BCUT2D eigenvalue weighted by Crippen LogP contribution is 2.22. The molecule has 0 aromatic carbocycles. The summed E-state index contributed by atoms with van der Waals surface area (Å²) in [6.07, 6.45) is -1.99. The molecule has 0 aliphatic heterocycles. The Balaban J connectivity index is 2.09. The van der Waals surface area contributed by atoms with E-state index < -0.39 is 23.6 Å². The van der Waals surface area contributed by atoms with E-state index in [1.807, 2.05) is 0 Å². The van der Waals surface area contributed by atoms with Crippen LogP contribution < -0.4 is 0 Å². The van der Waals surface area contributed by atoms with E-state index in [-0.39, 0.29) is 36.0 Å². The van der Waals surface area contributed by atoms with Gasteiger partial charge in [0.15, 0.2) is 0 Å². The summed E-state index contributed by atoms with van der Waals surface area (Å²) in [4.78, 5) is 27.8. The molecule has 1 amide bonds. The molecule has 9 nitrogen and oxygen atoms in total. The Morgan fingerprint density at radius 1 is 1.38 bits per heavy atom. The molecule has 26 heavy (non-hydrogen) atoms. The van der Waals surface area contributed by atoms with Crippen molar-refractivity contribution in [3.05, 3.63) is 39.7 Å². The first-order chi connectivity index (χ1) is 12.0. The Bertz CT molecular complexity index is 826. The maximum atomic E-state index is 12.5. The summed E-state index contributed by atoms with van der Waals surface area (Å²) >= 11 is 0. The van der Waals surface area contributed by atoms with Crippen molar-refractivity contribution in [2.75, 3.05) is 7.05 Å². The predicted molar refractivity (Wildman–Crippen MR) is 83.1 cm³/mol. The summed E-state index contributed by atoms with van der Waals surface area (Å²) in [7, 11) is 1.41. The highest BCUT2D eigenvalue weighted by Gasteiger charge is 2.29. The third-order valence-corrected chi connectivity index (χ3v) is 3.77. The van der Waals surface area contributed by atoms with E-state index in [4.69, 9.17) is 0 Å². The minimum absolute atomic E-state index is 0.0810. The average Bonchev–Trinajstić information content (AvgIpc) is 3.02. The van der Waals surface area contributed by atoms with E-state index in [0.29, 0.717) is 0 Å². The SMILES string of the molecule is Cc1nn(CC(=O)N(C)Cc2nccn2CC(F)(F)F)c(C)c1[N+](=O)[O-]. The van der Waals surface area contributed by atoms with Gasteiger partial charge < -0.3 is 9.47 Å². The van der Waals surface area contributed by atoms with Crippen molar-refractivity contribution in [1.29, 1.82) is 0 Å². The molecular formula is C14H17F3N6O3. The zero-order valence-electron chi connectivity index (χ0n) is 14.3. The van der Waals surface area contributed by atoms with Crippen LogP contribution in [0.3, 0.4) is 0 Å². The summed E-state index contributed by atoms with van der Waals surface area (Å²) in [6, 6.07) is 0. The molecule has 2 aromatic rings. The Hall–Kier alpha value is -2.92. The van der Waals surface area contributed by atoms with Crippen LogP contribution in [0, 0.1) is 24.0 Å². The molecular weight excluding hydrogens is 357 g/mol. The van der Waals surface area contributed by atoms with Gasteiger partial charge in [-0.1, -0.05) is 0 Å². The first-order valence-corrected chi connectivity index (χ1v) is 7.48. The number of likely N-dealkylation sites (N-methyl/N-ethyl adjacent to an activating group) is 1. The molecule has 0 atom stereocenters. The van der Waals surface area contributed by atoms with Gasteiger partial charge in [0.1, 0.15) is 30.3 Å². The number of carbonyl (C=O) groups excluding carboxylic acids is 1. The second kappa shape index (κ2) is 7.14. The van der Waals surface area contributed by atoms with Gasteiger partial charge in [-0.05, 0) is 13.8 Å². The lowest BCUT2D eigenvalue weighted by molar-refractivity contribution is -0.386. The van der Waals surface area contributed by atoms with Gasteiger partial charge in [0.05, 0.1) is 11.5 Å². The summed E-state index contributed by atoms with van der Waals surface area (Å²) in [6.45, 7) is 1.33. The van der Waals surface area contributed by atoms with E-state index in [1.165, 1.54) is 42.9 Å². The number of nitrogens with zero attached hydrogens (tertiary/aromatic N) is 6. The van der Waals surface area contributed by atoms with Gasteiger partial charge in [0.25, 0.3) is 0 Å². The standard InChI is InChI=1S/C14H17F3N6O3/c1-9-13(23(25)26)10(2)22(19-9)7-12(24)20(3)6-11-18-4-5-21(11)8-14(15,16)17/h4-5H,6-8H2,1-3H3. The lowest BCUT2D eigenvalue weighted by Crippen LogP contribution is -2.32. The molecule has 0 N–H and O–H groups in total. The average molecular weight is 374 g/mol. The number of imidazole rings is 1. The van der Waals surface area contributed by atoms with Crippen LogP contribution in [0.5, 0.6) is 0 Å². The Morgan fingerprint density at radius 3 is 2.58 bits per heavy atom. The van der Waals surface area contributed by atoms with Gasteiger partial charge in [-0.2, -0.15) is 18.3 Å². The topological polar surface area (TPSA) is 99.1 Å². The Labute approximate surface area is 146 Å². The number of carbonyl (C=O) groups is 1. The van der Waals surface area contributed by atoms with Crippen molar-refractivity contribution in [1.82, 2.24) is 24.2 Å². The van der Waals surface area contributed by atoms with Crippen LogP contribution in [0.1, 0.15) is 17.2 Å². The predicted octanol–water partition coefficient (Wildman–Crippen LogP) is 1.83. The number of hydrogen-bond donors (Lipinski definition) is 0. The quantitative estimate of drug-likeness (QED) is 0.567. The largest absolute Gasteiger partial charge is 0.406 e. The molecule has 2 heterocycles. The Morgan fingerprint density at radius 2 is 2.04 bits per heavy atom. The molecule has 12 heteroatoms. The number of rotatable bonds is 6. The van der Waals surface area contributed by atoms with Crippen LogP contribution in [0.25, 0.3) is 0 Å². The van der Waals surface area contributed by atoms with Gasteiger partial charge in [0.2, 0.25) is 5.91 Å². The number of nitro groups is 1. The summed E-state index contributed by atoms with van der Waals surface area (Å²) in [5.74, 6) is -0.385. The third kappa shape index (κ3) is 4.37. The molecule has 0 spiro atoms. The fraction of sp³-hybridized carbons (Fsp3) is 0.500. The molecule has 0 aliphatic carbocycles. The molecule has 2 rings (SSSR count). The third-order valence-electron chi connectivity index (χ3n) is 3.77. The summed E-state index contributed by atoms with van der Waals surface area (Å²) in [5, 5.41) is 15.0. The second-order valence-electron chi connectivity index (χ2n) is 5.77. The molecule has 0 bridgehead atoms. The van der Waals surface area contributed by atoms with Crippen molar-refractivity contribution in [2.24, 2.45) is 0 Å². The summed E-state index contributed by atoms with van der Waals surface area (Å²) < 4.78 is 39.7. The van der Waals surface area contributed by atoms with Crippen LogP contribution in [-0.4, -0.2) is 48.3 Å². The first-order valence-electron chi connectivity index (χ1n) is 7.48. The Kier molecular flexibility index (Phi) is 5.33. The highest BCUT2D eigenvalue weighted by molar-refractivity contribution is 5.75. The van der Waals surface area contributed by atoms with Crippen molar-refractivity contribution < 1.29 is 22.9 Å². The van der Waals surface area contributed by atoms with Gasteiger partial charge >= 0.3 is 11.9 Å². The van der Waals surface area contributed by atoms with Crippen LogP contribution >= 0.6 is 0 Å². The fourth-order valence-electron chi connectivity index (χ4n) is 2.48. The monoisotopic (exact) mass is 374 g/mol. The van der Waals surface area contributed by atoms with E-state index in [2.05, 4.69) is 10.1 Å². The molecule has 0 radical (unpaired) electrons. The van der Waals surface area contributed by atoms with Gasteiger partial charge in [-0.15, -0.1) is 0 Å². The van der Waals surface area contributed by atoms with Gasteiger partial charge in [-0.3, -0.25) is 19.6 Å².